The fraction of sp³-hybridized carbons (Fsp3) is 0.467. The molecule has 0 fully saturated rings. The van der Waals surface area contributed by atoms with Gasteiger partial charge in [-0.3, -0.25) is 9.59 Å². The molecule has 0 aliphatic rings. The van der Waals surface area contributed by atoms with E-state index < -0.39 is 5.92 Å². The number of carbonyl (C=O) groups excluding carboxylic acids is 2. The third kappa shape index (κ3) is 3.81. The molecular formula is C15H20O2. The summed E-state index contributed by atoms with van der Waals surface area (Å²) in [5, 5.41) is 0. The molecule has 0 radical (unpaired) electrons. The Morgan fingerprint density at radius 1 is 1.00 bits per heavy atom. The van der Waals surface area contributed by atoms with Crippen molar-refractivity contribution < 1.29 is 9.59 Å². The van der Waals surface area contributed by atoms with Crippen LogP contribution in [0.3, 0.4) is 0 Å². The molecule has 0 unspecified atom stereocenters. The summed E-state index contributed by atoms with van der Waals surface area (Å²) in [6.45, 7) is 5.65. The molecule has 2 heteroatoms. The highest BCUT2D eigenvalue weighted by molar-refractivity contribution is 6.02. The van der Waals surface area contributed by atoms with E-state index in [1.807, 2.05) is 45.0 Å². The number of hydrogen-bond donors (Lipinski definition) is 0. The van der Waals surface area contributed by atoms with Crippen molar-refractivity contribution in [3.63, 3.8) is 0 Å². The SMILES string of the molecule is CCC(=O)C(Cc1ccc(C)cc1)C(=O)CC. The Kier molecular flexibility index (Phi) is 5.08. The molecule has 0 saturated heterocycles. The molecule has 0 saturated carbocycles. The molecule has 1 rings (SSSR count). The molecule has 2 nitrogen and oxygen atoms in total. The highest BCUT2D eigenvalue weighted by atomic mass is 16.1. The highest BCUT2D eigenvalue weighted by Gasteiger charge is 2.23. The smallest absolute Gasteiger partial charge is 0.143 e. The van der Waals surface area contributed by atoms with Crippen molar-refractivity contribution in [3.05, 3.63) is 35.4 Å². The number of benzene rings is 1. The molecule has 1 aromatic rings. The minimum absolute atomic E-state index is 0.0532. The maximum Gasteiger partial charge on any atom is 0.143 e. The first-order valence-corrected chi connectivity index (χ1v) is 6.19. The zero-order valence-electron chi connectivity index (χ0n) is 10.8. The van der Waals surface area contributed by atoms with E-state index in [9.17, 15) is 9.59 Å². The molecule has 0 aromatic heterocycles. The van der Waals surface area contributed by atoms with E-state index in [0.29, 0.717) is 19.3 Å². The third-order valence-electron chi connectivity index (χ3n) is 3.03. The van der Waals surface area contributed by atoms with Crippen molar-refractivity contribution in [1.82, 2.24) is 0 Å². The Morgan fingerprint density at radius 2 is 1.47 bits per heavy atom. The van der Waals surface area contributed by atoms with Gasteiger partial charge >= 0.3 is 0 Å². The molecular weight excluding hydrogens is 212 g/mol. The summed E-state index contributed by atoms with van der Waals surface area (Å²) in [7, 11) is 0. The van der Waals surface area contributed by atoms with Crippen LogP contribution in [-0.4, -0.2) is 11.6 Å². The predicted octanol–water partition coefficient (Wildman–Crippen LogP) is 3.11. The number of rotatable bonds is 6. The lowest BCUT2D eigenvalue weighted by Crippen LogP contribution is -2.25. The van der Waals surface area contributed by atoms with Crippen molar-refractivity contribution in [2.24, 2.45) is 5.92 Å². The summed E-state index contributed by atoms with van der Waals surface area (Å²) < 4.78 is 0. The maximum absolute atomic E-state index is 11.8. The van der Waals surface area contributed by atoms with Crippen LogP contribution in [0.4, 0.5) is 0 Å². The summed E-state index contributed by atoms with van der Waals surface area (Å²) in [6.07, 6.45) is 1.41. The average molecular weight is 232 g/mol. The molecule has 0 spiro atoms. The Hall–Kier alpha value is -1.44. The van der Waals surface area contributed by atoms with Gasteiger partial charge in [-0.2, -0.15) is 0 Å². The number of ketones is 2. The van der Waals surface area contributed by atoms with Crippen molar-refractivity contribution in [2.45, 2.75) is 40.0 Å². The van der Waals surface area contributed by atoms with Crippen LogP contribution >= 0.6 is 0 Å². The Balaban J connectivity index is 2.82. The summed E-state index contributed by atoms with van der Waals surface area (Å²) in [4.78, 5) is 23.5. The number of carbonyl (C=O) groups is 2. The van der Waals surface area contributed by atoms with Crippen LogP contribution < -0.4 is 0 Å². The second-order valence-electron chi connectivity index (χ2n) is 4.38. The summed E-state index contributed by atoms with van der Waals surface area (Å²) in [5.74, 6) is -0.345. The number of aryl methyl sites for hydroxylation is 1. The van der Waals surface area contributed by atoms with Gasteiger partial charge in [0.05, 0.1) is 5.92 Å². The molecule has 0 N–H and O–H groups in total. The van der Waals surface area contributed by atoms with Gasteiger partial charge in [0.15, 0.2) is 0 Å². The van der Waals surface area contributed by atoms with Crippen LogP contribution in [0.25, 0.3) is 0 Å². The maximum atomic E-state index is 11.8. The van der Waals surface area contributed by atoms with Crippen LogP contribution in [0, 0.1) is 12.8 Å². The first kappa shape index (κ1) is 13.6. The van der Waals surface area contributed by atoms with Crippen LogP contribution in [-0.2, 0) is 16.0 Å². The molecule has 0 amide bonds. The van der Waals surface area contributed by atoms with Crippen LogP contribution in [0.1, 0.15) is 37.8 Å². The Morgan fingerprint density at radius 3 is 1.88 bits per heavy atom. The minimum atomic E-state index is -0.451. The van der Waals surface area contributed by atoms with Crippen LogP contribution in [0.2, 0.25) is 0 Å². The summed E-state index contributed by atoms with van der Waals surface area (Å²) in [6, 6.07) is 8.01. The molecule has 0 aliphatic heterocycles. The first-order chi connectivity index (χ1) is 8.08. The molecule has 92 valence electrons. The Labute approximate surface area is 103 Å². The highest BCUT2D eigenvalue weighted by Crippen LogP contribution is 2.15. The second kappa shape index (κ2) is 6.33. The van der Waals surface area contributed by atoms with Gasteiger partial charge in [-0.1, -0.05) is 43.7 Å². The molecule has 0 atom stereocenters. The van der Waals surface area contributed by atoms with Crippen LogP contribution in [0.15, 0.2) is 24.3 Å². The molecule has 0 aliphatic carbocycles. The standard InChI is InChI=1S/C15H20O2/c1-4-14(16)13(15(17)5-2)10-12-8-6-11(3)7-9-12/h6-9,13H,4-5,10H2,1-3H3. The lowest BCUT2D eigenvalue weighted by atomic mass is 9.89. The first-order valence-electron chi connectivity index (χ1n) is 6.19. The molecule has 0 bridgehead atoms. The van der Waals surface area contributed by atoms with E-state index in [2.05, 4.69) is 0 Å². The van der Waals surface area contributed by atoms with Gasteiger partial charge in [-0.25, -0.2) is 0 Å². The average Bonchev–Trinajstić information content (AvgIpc) is 2.36. The van der Waals surface area contributed by atoms with E-state index in [1.165, 1.54) is 5.56 Å². The lowest BCUT2D eigenvalue weighted by molar-refractivity contribution is -0.132. The van der Waals surface area contributed by atoms with Gasteiger partial charge in [0.1, 0.15) is 11.6 Å². The number of Topliss-reactive ketones (excluding diaryl/α,β-unsaturated/α-hetero) is 2. The van der Waals surface area contributed by atoms with Gasteiger partial charge < -0.3 is 0 Å². The van der Waals surface area contributed by atoms with Crippen molar-refractivity contribution in [2.75, 3.05) is 0 Å². The largest absolute Gasteiger partial charge is 0.299 e. The van der Waals surface area contributed by atoms with Gasteiger partial charge in [0, 0.05) is 12.8 Å². The van der Waals surface area contributed by atoms with Crippen molar-refractivity contribution in [3.8, 4) is 0 Å². The zero-order valence-corrected chi connectivity index (χ0v) is 10.8. The van der Waals surface area contributed by atoms with E-state index >= 15 is 0 Å². The predicted molar refractivity (Wildman–Crippen MR) is 69.0 cm³/mol. The van der Waals surface area contributed by atoms with Gasteiger partial charge in [-0.15, -0.1) is 0 Å². The molecule has 17 heavy (non-hydrogen) atoms. The fourth-order valence-corrected chi connectivity index (χ4v) is 1.86. The van der Waals surface area contributed by atoms with Crippen LogP contribution in [0.5, 0.6) is 0 Å². The van der Waals surface area contributed by atoms with Gasteiger partial charge in [-0.05, 0) is 18.9 Å². The van der Waals surface area contributed by atoms with Crippen molar-refractivity contribution in [1.29, 1.82) is 0 Å². The summed E-state index contributed by atoms with van der Waals surface area (Å²) >= 11 is 0. The normalized spacial score (nSPS) is 10.6. The fourth-order valence-electron chi connectivity index (χ4n) is 1.86. The number of hydrogen-bond acceptors (Lipinski definition) is 2. The van der Waals surface area contributed by atoms with Crippen molar-refractivity contribution >= 4 is 11.6 Å². The van der Waals surface area contributed by atoms with Gasteiger partial charge in [0.2, 0.25) is 0 Å². The zero-order chi connectivity index (χ0) is 12.8. The third-order valence-corrected chi connectivity index (χ3v) is 3.03. The van der Waals surface area contributed by atoms with E-state index in [0.717, 1.165) is 5.56 Å². The van der Waals surface area contributed by atoms with Gasteiger partial charge in [0.25, 0.3) is 0 Å². The van der Waals surface area contributed by atoms with E-state index in [4.69, 9.17) is 0 Å². The lowest BCUT2D eigenvalue weighted by Gasteiger charge is -2.13. The monoisotopic (exact) mass is 232 g/mol. The molecule has 0 heterocycles. The molecule has 1 aromatic carbocycles. The Bertz CT molecular complexity index is 374. The minimum Gasteiger partial charge on any atom is -0.299 e. The quantitative estimate of drug-likeness (QED) is 0.706. The second-order valence-corrected chi connectivity index (χ2v) is 4.38. The van der Waals surface area contributed by atoms with E-state index in [1.54, 1.807) is 0 Å². The topological polar surface area (TPSA) is 34.1 Å². The summed E-state index contributed by atoms with van der Waals surface area (Å²) in [5.41, 5.74) is 2.25. The van der Waals surface area contributed by atoms with E-state index in [-0.39, 0.29) is 11.6 Å².